The number of nitrogens with two attached hydrogens (primary N) is 1. The Morgan fingerprint density at radius 2 is 1.04 bits per heavy atom. The van der Waals surface area contributed by atoms with Crippen LogP contribution in [0.15, 0.2) is 30.3 Å². The fraction of sp³-hybridized carbons (Fsp3) is 0.760. The van der Waals surface area contributed by atoms with Crippen molar-refractivity contribution in [1.82, 2.24) is 0 Å². The molecular formula is C25H46ClN. The molecule has 0 unspecified atom stereocenters. The van der Waals surface area contributed by atoms with Crippen LogP contribution in [0.5, 0.6) is 0 Å². The molecule has 0 radical (unpaired) electrons. The van der Waals surface area contributed by atoms with Crippen LogP contribution >= 0.6 is 11.6 Å². The van der Waals surface area contributed by atoms with Gasteiger partial charge in [0.05, 0.1) is 0 Å². The number of rotatable bonds is 15. The van der Waals surface area contributed by atoms with E-state index in [4.69, 9.17) is 17.3 Å². The van der Waals surface area contributed by atoms with Crippen LogP contribution in [-0.2, 0) is 5.54 Å². The van der Waals surface area contributed by atoms with Gasteiger partial charge < -0.3 is 5.73 Å². The smallest absolute Gasteiger partial charge is 0.0352 e. The van der Waals surface area contributed by atoms with Gasteiger partial charge in [0.25, 0.3) is 0 Å². The van der Waals surface area contributed by atoms with Crippen molar-refractivity contribution in [3.05, 3.63) is 35.9 Å². The quantitative estimate of drug-likeness (QED) is 0.233. The third-order valence-corrected chi connectivity index (χ3v) is 5.27. The van der Waals surface area contributed by atoms with Gasteiger partial charge >= 0.3 is 0 Å². The molecule has 1 nitrogen and oxygen atoms in total. The Balaban J connectivity index is 0.000000569. The summed E-state index contributed by atoms with van der Waals surface area (Å²) in [4.78, 5) is 0. The molecule has 0 saturated heterocycles. The maximum absolute atomic E-state index is 5.86. The predicted molar refractivity (Wildman–Crippen MR) is 125 cm³/mol. The van der Waals surface area contributed by atoms with E-state index in [-0.39, 0.29) is 5.54 Å². The highest BCUT2D eigenvalue weighted by atomic mass is 35.5. The van der Waals surface area contributed by atoms with Gasteiger partial charge in [0, 0.05) is 11.4 Å². The van der Waals surface area contributed by atoms with Crippen molar-refractivity contribution in [2.75, 3.05) is 5.88 Å². The molecule has 0 aliphatic heterocycles. The normalized spacial score (nSPS) is 11.1. The van der Waals surface area contributed by atoms with Gasteiger partial charge in [-0.15, -0.1) is 11.6 Å². The molecule has 0 aromatic heterocycles. The molecule has 1 aromatic carbocycles. The Labute approximate surface area is 175 Å². The standard InChI is InChI=1S/C16H33Cl.C9H13N/c1-2-3-4-5-6-7-8-9-10-11-12-13-14-15-16-17;1-9(2,10)8-6-4-3-5-7-8/h2-16H2,1H3;3-7H,10H2,1-2H3. The van der Waals surface area contributed by atoms with E-state index >= 15 is 0 Å². The van der Waals surface area contributed by atoms with Gasteiger partial charge in [-0.3, -0.25) is 0 Å². The lowest BCUT2D eigenvalue weighted by molar-refractivity contribution is 0.538. The van der Waals surface area contributed by atoms with E-state index in [1.807, 2.05) is 44.2 Å². The minimum Gasteiger partial charge on any atom is -0.322 e. The molecule has 0 fully saturated rings. The summed E-state index contributed by atoms with van der Waals surface area (Å²) >= 11 is 5.64. The van der Waals surface area contributed by atoms with Crippen molar-refractivity contribution in [3.8, 4) is 0 Å². The Kier molecular flexibility index (Phi) is 18.4. The lowest BCUT2D eigenvalue weighted by Gasteiger charge is -2.18. The van der Waals surface area contributed by atoms with E-state index in [9.17, 15) is 0 Å². The van der Waals surface area contributed by atoms with Crippen LogP contribution in [0.1, 0.15) is 116 Å². The first-order chi connectivity index (χ1) is 13.0. The molecule has 0 aliphatic rings. The van der Waals surface area contributed by atoms with E-state index in [2.05, 4.69) is 6.92 Å². The lowest BCUT2D eigenvalue weighted by Crippen LogP contribution is -2.28. The van der Waals surface area contributed by atoms with Crippen LogP contribution in [-0.4, -0.2) is 5.88 Å². The van der Waals surface area contributed by atoms with Crippen molar-refractivity contribution >= 4 is 11.6 Å². The second-order valence-corrected chi connectivity index (χ2v) is 8.75. The van der Waals surface area contributed by atoms with Crippen molar-refractivity contribution in [2.24, 2.45) is 5.73 Å². The fourth-order valence-corrected chi connectivity index (χ4v) is 3.35. The van der Waals surface area contributed by atoms with E-state index in [1.54, 1.807) is 0 Å². The zero-order valence-corrected chi connectivity index (χ0v) is 19.2. The molecule has 0 saturated carbocycles. The summed E-state index contributed by atoms with van der Waals surface area (Å²) in [5, 5.41) is 0. The van der Waals surface area contributed by atoms with E-state index in [1.165, 1.54) is 95.5 Å². The molecule has 1 rings (SSSR count). The highest BCUT2D eigenvalue weighted by Crippen LogP contribution is 2.15. The van der Waals surface area contributed by atoms with Gasteiger partial charge in [-0.25, -0.2) is 0 Å². The number of unbranched alkanes of at least 4 members (excludes halogenated alkanes) is 13. The van der Waals surface area contributed by atoms with Crippen molar-refractivity contribution in [1.29, 1.82) is 0 Å². The molecule has 0 spiro atoms. The van der Waals surface area contributed by atoms with Crippen LogP contribution in [0, 0.1) is 0 Å². The van der Waals surface area contributed by atoms with Crippen molar-refractivity contribution < 1.29 is 0 Å². The van der Waals surface area contributed by atoms with Gasteiger partial charge in [0.15, 0.2) is 0 Å². The highest BCUT2D eigenvalue weighted by Gasteiger charge is 2.11. The summed E-state index contributed by atoms with van der Waals surface area (Å²) in [6.45, 7) is 6.29. The van der Waals surface area contributed by atoms with Crippen molar-refractivity contribution in [2.45, 2.75) is 116 Å². The molecule has 1 aromatic rings. The Hall–Kier alpha value is -0.530. The van der Waals surface area contributed by atoms with Crippen LogP contribution < -0.4 is 5.73 Å². The molecule has 2 N–H and O–H groups in total. The second kappa shape index (κ2) is 18.8. The first-order valence-corrected chi connectivity index (χ1v) is 12.0. The molecule has 0 heterocycles. The highest BCUT2D eigenvalue weighted by molar-refractivity contribution is 6.17. The number of benzene rings is 1. The number of hydrogen-bond acceptors (Lipinski definition) is 1. The number of hydrogen-bond donors (Lipinski definition) is 1. The number of alkyl halides is 1. The van der Waals surface area contributed by atoms with E-state index in [0.29, 0.717) is 0 Å². The maximum Gasteiger partial charge on any atom is 0.0352 e. The van der Waals surface area contributed by atoms with Crippen molar-refractivity contribution in [3.63, 3.8) is 0 Å². The lowest BCUT2D eigenvalue weighted by atomic mass is 9.96. The molecule has 0 amide bonds. The van der Waals surface area contributed by atoms with Crippen LogP contribution in [0.3, 0.4) is 0 Å². The summed E-state index contributed by atoms with van der Waals surface area (Å²) in [6.07, 6.45) is 19.8. The zero-order valence-electron chi connectivity index (χ0n) is 18.4. The molecule has 0 atom stereocenters. The molecule has 27 heavy (non-hydrogen) atoms. The van der Waals surface area contributed by atoms with Crippen LogP contribution in [0.4, 0.5) is 0 Å². The monoisotopic (exact) mass is 395 g/mol. The topological polar surface area (TPSA) is 26.0 Å². The summed E-state index contributed by atoms with van der Waals surface area (Å²) in [6, 6.07) is 10.1. The van der Waals surface area contributed by atoms with Gasteiger partial charge in [-0.05, 0) is 25.8 Å². The minimum absolute atomic E-state index is 0.207. The van der Waals surface area contributed by atoms with Gasteiger partial charge in [0.2, 0.25) is 0 Å². The largest absolute Gasteiger partial charge is 0.322 e. The maximum atomic E-state index is 5.86. The summed E-state index contributed by atoms with van der Waals surface area (Å²) in [7, 11) is 0. The van der Waals surface area contributed by atoms with Gasteiger partial charge in [-0.1, -0.05) is 121 Å². The Bertz CT molecular complexity index is 383. The SMILES string of the molecule is CC(C)(N)c1ccccc1.CCCCCCCCCCCCCCCCCl. The molecule has 158 valence electrons. The average molecular weight is 396 g/mol. The third-order valence-electron chi connectivity index (χ3n) is 5.00. The van der Waals surface area contributed by atoms with E-state index in [0.717, 1.165) is 5.88 Å². The Morgan fingerprint density at radius 3 is 1.33 bits per heavy atom. The van der Waals surface area contributed by atoms with Gasteiger partial charge in [0.1, 0.15) is 0 Å². The minimum atomic E-state index is -0.207. The summed E-state index contributed by atoms with van der Waals surface area (Å²) < 4.78 is 0. The summed E-state index contributed by atoms with van der Waals surface area (Å²) in [5.74, 6) is 0.845. The number of halogens is 1. The van der Waals surface area contributed by atoms with Crippen LogP contribution in [0.2, 0.25) is 0 Å². The summed E-state index contributed by atoms with van der Waals surface area (Å²) in [5.41, 5.74) is 6.83. The average Bonchev–Trinajstić information content (AvgIpc) is 2.66. The van der Waals surface area contributed by atoms with E-state index < -0.39 is 0 Å². The predicted octanol–water partition coefficient (Wildman–Crippen LogP) is 8.59. The van der Waals surface area contributed by atoms with Gasteiger partial charge in [-0.2, -0.15) is 0 Å². The third kappa shape index (κ3) is 18.6. The molecule has 0 aliphatic carbocycles. The molecule has 0 bridgehead atoms. The zero-order chi connectivity index (χ0) is 20.2. The second-order valence-electron chi connectivity index (χ2n) is 8.37. The fourth-order valence-electron chi connectivity index (χ4n) is 3.16. The molecule has 2 heteroatoms. The van der Waals surface area contributed by atoms with Crippen LogP contribution in [0.25, 0.3) is 0 Å². The Morgan fingerprint density at radius 1 is 0.667 bits per heavy atom. The molecular weight excluding hydrogens is 350 g/mol. The first kappa shape index (κ1) is 26.5. The first-order valence-electron chi connectivity index (χ1n) is 11.4.